The molecule has 0 aliphatic carbocycles. The van der Waals surface area contributed by atoms with Gasteiger partial charge in [0.05, 0.1) is 13.2 Å². The standard InChI is InChI=1S/C12H17NO2/c1-4-12(14)13-9(2)10-7-5-6-8-11(10)15-3/h5-9H,4H2,1-3H3,(H,13,14). The van der Waals surface area contributed by atoms with Crippen LogP contribution in [-0.2, 0) is 4.79 Å². The van der Waals surface area contributed by atoms with E-state index in [1.54, 1.807) is 7.11 Å². The van der Waals surface area contributed by atoms with Crippen molar-refractivity contribution in [3.8, 4) is 5.75 Å². The number of ether oxygens (including phenoxy) is 1. The first kappa shape index (κ1) is 11.6. The summed E-state index contributed by atoms with van der Waals surface area (Å²) in [7, 11) is 1.63. The van der Waals surface area contributed by atoms with E-state index in [2.05, 4.69) is 5.32 Å². The number of para-hydroxylation sites is 1. The summed E-state index contributed by atoms with van der Waals surface area (Å²) >= 11 is 0. The number of carbonyl (C=O) groups is 1. The maximum Gasteiger partial charge on any atom is 0.220 e. The molecule has 0 heterocycles. The van der Waals surface area contributed by atoms with Gasteiger partial charge in [-0.2, -0.15) is 0 Å². The van der Waals surface area contributed by atoms with Crippen LogP contribution < -0.4 is 10.1 Å². The Balaban J connectivity index is 2.80. The van der Waals surface area contributed by atoms with Crippen LogP contribution in [0.3, 0.4) is 0 Å². The largest absolute Gasteiger partial charge is 0.496 e. The van der Waals surface area contributed by atoms with Crippen molar-refractivity contribution in [2.24, 2.45) is 0 Å². The van der Waals surface area contributed by atoms with E-state index in [0.29, 0.717) is 6.42 Å². The maximum atomic E-state index is 11.2. The molecule has 0 fully saturated rings. The van der Waals surface area contributed by atoms with Crippen LogP contribution >= 0.6 is 0 Å². The second kappa shape index (κ2) is 5.39. The van der Waals surface area contributed by atoms with Gasteiger partial charge in [-0.1, -0.05) is 25.1 Å². The van der Waals surface area contributed by atoms with E-state index < -0.39 is 0 Å². The van der Waals surface area contributed by atoms with Crippen LogP contribution in [0.5, 0.6) is 5.75 Å². The molecule has 1 N–H and O–H groups in total. The van der Waals surface area contributed by atoms with Gasteiger partial charge in [-0.3, -0.25) is 4.79 Å². The second-order valence-electron chi connectivity index (χ2n) is 3.38. The Kier molecular flexibility index (Phi) is 4.16. The lowest BCUT2D eigenvalue weighted by atomic mass is 10.1. The third-order valence-corrected chi connectivity index (χ3v) is 2.30. The smallest absolute Gasteiger partial charge is 0.220 e. The lowest BCUT2D eigenvalue weighted by Crippen LogP contribution is -2.25. The van der Waals surface area contributed by atoms with Crippen LogP contribution in [0.2, 0.25) is 0 Å². The quantitative estimate of drug-likeness (QED) is 0.822. The molecule has 0 saturated carbocycles. The highest BCUT2D eigenvalue weighted by Gasteiger charge is 2.11. The first-order chi connectivity index (χ1) is 7.19. The number of nitrogens with one attached hydrogen (secondary N) is 1. The highest BCUT2D eigenvalue weighted by molar-refractivity contribution is 5.76. The van der Waals surface area contributed by atoms with E-state index in [0.717, 1.165) is 11.3 Å². The van der Waals surface area contributed by atoms with Crippen LogP contribution in [0.15, 0.2) is 24.3 Å². The first-order valence-electron chi connectivity index (χ1n) is 5.11. The highest BCUT2D eigenvalue weighted by atomic mass is 16.5. The third kappa shape index (κ3) is 2.98. The number of benzene rings is 1. The van der Waals surface area contributed by atoms with Crippen LogP contribution in [0.25, 0.3) is 0 Å². The summed E-state index contributed by atoms with van der Waals surface area (Å²) < 4.78 is 5.23. The molecule has 0 radical (unpaired) electrons. The third-order valence-electron chi connectivity index (χ3n) is 2.30. The van der Waals surface area contributed by atoms with Gasteiger partial charge in [0.1, 0.15) is 5.75 Å². The lowest BCUT2D eigenvalue weighted by Gasteiger charge is -2.16. The maximum absolute atomic E-state index is 11.2. The molecule has 0 saturated heterocycles. The van der Waals surface area contributed by atoms with Crippen molar-refractivity contribution in [3.05, 3.63) is 29.8 Å². The fourth-order valence-corrected chi connectivity index (χ4v) is 1.45. The van der Waals surface area contributed by atoms with Gasteiger partial charge in [0.25, 0.3) is 0 Å². The monoisotopic (exact) mass is 207 g/mol. The van der Waals surface area contributed by atoms with Crippen molar-refractivity contribution < 1.29 is 9.53 Å². The number of amides is 1. The van der Waals surface area contributed by atoms with Crippen molar-refractivity contribution in [2.45, 2.75) is 26.3 Å². The van der Waals surface area contributed by atoms with Crippen LogP contribution in [0.4, 0.5) is 0 Å². The average molecular weight is 207 g/mol. The minimum atomic E-state index is -0.0198. The van der Waals surface area contributed by atoms with E-state index in [1.807, 2.05) is 38.1 Å². The van der Waals surface area contributed by atoms with E-state index in [4.69, 9.17) is 4.74 Å². The van der Waals surface area contributed by atoms with Gasteiger partial charge in [-0.25, -0.2) is 0 Å². The molecule has 82 valence electrons. The Morgan fingerprint density at radius 2 is 2.13 bits per heavy atom. The molecule has 1 atom stereocenters. The molecule has 0 aliphatic rings. The average Bonchev–Trinajstić information content (AvgIpc) is 2.28. The summed E-state index contributed by atoms with van der Waals surface area (Å²) in [4.78, 5) is 11.2. The van der Waals surface area contributed by atoms with Gasteiger partial charge in [0.2, 0.25) is 5.91 Å². The second-order valence-corrected chi connectivity index (χ2v) is 3.38. The molecule has 3 nitrogen and oxygen atoms in total. The van der Waals surface area contributed by atoms with Crippen molar-refractivity contribution in [2.75, 3.05) is 7.11 Å². The van der Waals surface area contributed by atoms with Gasteiger partial charge in [0, 0.05) is 12.0 Å². The van der Waals surface area contributed by atoms with Crippen molar-refractivity contribution in [1.29, 1.82) is 0 Å². The van der Waals surface area contributed by atoms with Gasteiger partial charge in [-0.05, 0) is 13.0 Å². The fourth-order valence-electron chi connectivity index (χ4n) is 1.45. The molecule has 0 aromatic heterocycles. The van der Waals surface area contributed by atoms with E-state index in [9.17, 15) is 4.79 Å². The van der Waals surface area contributed by atoms with Crippen LogP contribution in [-0.4, -0.2) is 13.0 Å². The molecule has 1 aromatic rings. The molecule has 1 unspecified atom stereocenters. The Bertz CT molecular complexity index is 336. The van der Waals surface area contributed by atoms with E-state index in [-0.39, 0.29) is 11.9 Å². The zero-order valence-electron chi connectivity index (χ0n) is 9.41. The van der Waals surface area contributed by atoms with E-state index in [1.165, 1.54) is 0 Å². The molecule has 0 bridgehead atoms. The van der Waals surface area contributed by atoms with Crippen molar-refractivity contribution in [3.63, 3.8) is 0 Å². The summed E-state index contributed by atoms with van der Waals surface area (Å²) in [5, 5.41) is 2.90. The Morgan fingerprint density at radius 1 is 1.47 bits per heavy atom. The van der Waals surface area contributed by atoms with Gasteiger partial charge >= 0.3 is 0 Å². The summed E-state index contributed by atoms with van der Waals surface area (Å²) in [5.41, 5.74) is 1.00. The summed E-state index contributed by atoms with van der Waals surface area (Å²) in [5.74, 6) is 0.856. The number of methoxy groups -OCH3 is 1. The zero-order chi connectivity index (χ0) is 11.3. The SMILES string of the molecule is CCC(=O)NC(C)c1ccccc1OC. The molecule has 15 heavy (non-hydrogen) atoms. The van der Waals surface area contributed by atoms with Gasteiger partial charge < -0.3 is 10.1 Å². The summed E-state index contributed by atoms with van der Waals surface area (Å²) in [6.07, 6.45) is 0.499. The fraction of sp³-hybridized carbons (Fsp3) is 0.417. The van der Waals surface area contributed by atoms with Gasteiger partial charge in [-0.15, -0.1) is 0 Å². The Hall–Kier alpha value is -1.51. The van der Waals surface area contributed by atoms with Crippen LogP contribution in [0.1, 0.15) is 31.9 Å². The molecular weight excluding hydrogens is 190 g/mol. The molecular formula is C12H17NO2. The predicted molar refractivity (Wildman–Crippen MR) is 59.8 cm³/mol. The zero-order valence-corrected chi connectivity index (χ0v) is 9.41. The first-order valence-corrected chi connectivity index (χ1v) is 5.11. The highest BCUT2D eigenvalue weighted by Crippen LogP contribution is 2.24. The van der Waals surface area contributed by atoms with Crippen molar-refractivity contribution in [1.82, 2.24) is 5.32 Å². The molecule has 0 spiro atoms. The molecule has 0 aliphatic heterocycles. The van der Waals surface area contributed by atoms with Gasteiger partial charge in [0.15, 0.2) is 0 Å². The molecule has 1 rings (SSSR count). The number of hydrogen-bond acceptors (Lipinski definition) is 2. The Morgan fingerprint density at radius 3 is 2.73 bits per heavy atom. The van der Waals surface area contributed by atoms with E-state index >= 15 is 0 Å². The van der Waals surface area contributed by atoms with Crippen LogP contribution in [0, 0.1) is 0 Å². The molecule has 3 heteroatoms. The number of rotatable bonds is 4. The predicted octanol–water partition coefficient (Wildman–Crippen LogP) is 2.28. The summed E-state index contributed by atoms with van der Waals surface area (Å²) in [6, 6.07) is 7.68. The number of carbonyl (C=O) groups excluding carboxylic acids is 1. The topological polar surface area (TPSA) is 38.3 Å². The minimum Gasteiger partial charge on any atom is -0.496 e. The summed E-state index contributed by atoms with van der Waals surface area (Å²) in [6.45, 7) is 3.79. The Labute approximate surface area is 90.4 Å². The minimum absolute atomic E-state index is 0.0198. The number of hydrogen-bond donors (Lipinski definition) is 1. The lowest BCUT2D eigenvalue weighted by molar-refractivity contribution is -0.121. The normalized spacial score (nSPS) is 11.9. The van der Waals surface area contributed by atoms with Crippen molar-refractivity contribution >= 4 is 5.91 Å². The molecule has 1 amide bonds. The molecule has 1 aromatic carbocycles.